The Kier molecular flexibility index (Phi) is 3.65. The second-order valence-electron chi connectivity index (χ2n) is 8.29. The van der Waals surface area contributed by atoms with Crippen LogP contribution in [0.2, 0.25) is 0 Å². The molecule has 0 spiro atoms. The number of morpholine rings is 1. The summed E-state index contributed by atoms with van der Waals surface area (Å²) in [6.07, 6.45) is 4.32. The summed E-state index contributed by atoms with van der Waals surface area (Å²) in [5.41, 5.74) is 8.06. The fourth-order valence-electron chi connectivity index (χ4n) is 4.83. The summed E-state index contributed by atoms with van der Waals surface area (Å²) in [6.45, 7) is -0.339. The van der Waals surface area contributed by atoms with Gasteiger partial charge in [0.2, 0.25) is 0 Å². The first kappa shape index (κ1) is 17.2. The van der Waals surface area contributed by atoms with E-state index in [2.05, 4.69) is 25.6 Å². The van der Waals surface area contributed by atoms with Crippen molar-refractivity contribution in [2.75, 3.05) is 35.2 Å². The standard InChI is InChI=1S/C20H21F2N5O2/c21-20(22)29-16-3-11(6-24-19(16)23)14-4-13(26-8-17-15(26)9-28-17)5-18(25-14)27-7-10-1-12(27)2-10/h3-6,10,12,15,17,20H,1-2,7-9H2,(H2,23,24). The van der Waals surface area contributed by atoms with Crippen molar-refractivity contribution < 1.29 is 18.3 Å². The third-order valence-corrected chi connectivity index (χ3v) is 6.61. The number of anilines is 3. The molecule has 2 atom stereocenters. The van der Waals surface area contributed by atoms with E-state index >= 15 is 0 Å². The lowest BCUT2D eigenvalue weighted by Crippen LogP contribution is -2.70. The maximum Gasteiger partial charge on any atom is 0.387 e. The summed E-state index contributed by atoms with van der Waals surface area (Å²) in [4.78, 5) is 13.6. The second kappa shape index (κ2) is 6.16. The molecule has 2 bridgehead atoms. The number of rotatable bonds is 5. The summed E-state index contributed by atoms with van der Waals surface area (Å²) < 4.78 is 35.5. The van der Waals surface area contributed by atoms with Crippen molar-refractivity contribution in [2.45, 2.75) is 37.6 Å². The molecule has 2 unspecified atom stereocenters. The maximum absolute atomic E-state index is 12.7. The van der Waals surface area contributed by atoms with Gasteiger partial charge >= 0.3 is 6.61 Å². The van der Waals surface area contributed by atoms with Crippen LogP contribution in [0.1, 0.15) is 12.8 Å². The fraction of sp³-hybridized carbons (Fsp3) is 0.500. The molecule has 7 nitrogen and oxygen atoms in total. The Hall–Kier alpha value is -2.68. The van der Waals surface area contributed by atoms with Gasteiger partial charge in [-0.15, -0.1) is 0 Å². The Morgan fingerprint density at radius 2 is 2.03 bits per heavy atom. The van der Waals surface area contributed by atoms with Gasteiger partial charge in [0, 0.05) is 42.6 Å². The number of nitrogen functional groups attached to an aromatic ring is 1. The molecule has 5 aliphatic rings. The molecule has 1 saturated carbocycles. The van der Waals surface area contributed by atoms with Gasteiger partial charge in [-0.05, 0) is 30.9 Å². The number of fused-ring (bicyclic) bond motifs is 2. The minimum absolute atomic E-state index is 0.0667. The molecule has 7 rings (SSSR count). The normalized spacial score (nSPS) is 29.2. The van der Waals surface area contributed by atoms with Crippen molar-refractivity contribution in [3.8, 4) is 17.0 Å². The number of hydrogen-bond donors (Lipinski definition) is 1. The average molecular weight is 401 g/mol. The van der Waals surface area contributed by atoms with Gasteiger partial charge in [-0.2, -0.15) is 8.78 Å². The zero-order valence-corrected chi connectivity index (χ0v) is 15.7. The topological polar surface area (TPSA) is 76.7 Å². The number of pyridine rings is 2. The van der Waals surface area contributed by atoms with Gasteiger partial charge in [-0.1, -0.05) is 0 Å². The lowest BCUT2D eigenvalue weighted by molar-refractivity contribution is -0.113. The lowest BCUT2D eigenvalue weighted by Gasteiger charge is -2.56. The van der Waals surface area contributed by atoms with E-state index < -0.39 is 6.61 Å². The SMILES string of the molecule is Nc1ncc(-c2cc(N3CC4OCC43)cc(N3CC4CC3C4)n2)cc1OC(F)F. The first-order valence-corrected chi connectivity index (χ1v) is 9.93. The maximum atomic E-state index is 12.7. The molecule has 1 aliphatic carbocycles. The monoisotopic (exact) mass is 401 g/mol. The van der Waals surface area contributed by atoms with Crippen molar-refractivity contribution in [2.24, 2.45) is 5.92 Å². The summed E-state index contributed by atoms with van der Waals surface area (Å²) >= 11 is 0. The van der Waals surface area contributed by atoms with Gasteiger partial charge in [-0.25, -0.2) is 9.97 Å². The van der Waals surface area contributed by atoms with Crippen LogP contribution in [0.4, 0.5) is 26.1 Å². The zero-order valence-electron chi connectivity index (χ0n) is 15.7. The summed E-state index contributed by atoms with van der Waals surface area (Å²) in [6, 6.07) is 6.57. The number of alkyl halides is 2. The van der Waals surface area contributed by atoms with Crippen molar-refractivity contribution in [1.82, 2.24) is 9.97 Å². The van der Waals surface area contributed by atoms with E-state index in [1.54, 1.807) is 6.20 Å². The zero-order chi connectivity index (χ0) is 19.7. The number of nitrogens with two attached hydrogens (primary N) is 1. The van der Waals surface area contributed by atoms with E-state index in [1.807, 2.05) is 6.07 Å². The van der Waals surface area contributed by atoms with Gasteiger partial charge < -0.3 is 25.0 Å². The highest BCUT2D eigenvalue weighted by atomic mass is 19.3. The largest absolute Gasteiger partial charge is 0.431 e. The van der Waals surface area contributed by atoms with Crippen LogP contribution >= 0.6 is 0 Å². The summed E-state index contributed by atoms with van der Waals surface area (Å²) in [5, 5.41) is 0. The van der Waals surface area contributed by atoms with Crippen LogP contribution in [0.5, 0.6) is 5.75 Å². The van der Waals surface area contributed by atoms with Crippen LogP contribution in [0, 0.1) is 5.92 Å². The van der Waals surface area contributed by atoms with Crippen molar-refractivity contribution in [1.29, 1.82) is 0 Å². The molecule has 4 saturated heterocycles. The molecule has 0 amide bonds. The second-order valence-corrected chi connectivity index (χ2v) is 8.29. The highest BCUT2D eigenvalue weighted by Crippen LogP contribution is 2.45. The van der Waals surface area contributed by atoms with E-state index in [0.717, 1.165) is 37.1 Å². The smallest absolute Gasteiger partial charge is 0.387 e. The van der Waals surface area contributed by atoms with E-state index in [4.69, 9.17) is 15.5 Å². The Bertz CT molecular complexity index is 968. The summed E-state index contributed by atoms with van der Waals surface area (Å²) in [7, 11) is 0. The number of ether oxygens (including phenoxy) is 2. The van der Waals surface area contributed by atoms with Gasteiger partial charge in [0.25, 0.3) is 0 Å². The molecule has 2 aromatic rings. The van der Waals surface area contributed by atoms with Crippen LogP contribution in [-0.2, 0) is 4.74 Å². The Morgan fingerprint density at radius 3 is 2.66 bits per heavy atom. The van der Waals surface area contributed by atoms with Crippen LogP contribution in [0.3, 0.4) is 0 Å². The van der Waals surface area contributed by atoms with Crippen molar-refractivity contribution in [3.63, 3.8) is 0 Å². The van der Waals surface area contributed by atoms with E-state index in [9.17, 15) is 8.78 Å². The minimum atomic E-state index is -2.96. The molecule has 9 heteroatoms. The van der Waals surface area contributed by atoms with Gasteiger partial charge in [0.05, 0.1) is 24.4 Å². The Labute approximate surface area is 166 Å². The Morgan fingerprint density at radius 1 is 1.17 bits per heavy atom. The van der Waals surface area contributed by atoms with Crippen LogP contribution in [0.25, 0.3) is 11.3 Å². The van der Waals surface area contributed by atoms with Crippen LogP contribution in [0.15, 0.2) is 24.4 Å². The van der Waals surface area contributed by atoms with Gasteiger partial charge in [0.1, 0.15) is 5.82 Å². The van der Waals surface area contributed by atoms with E-state index in [0.29, 0.717) is 29.4 Å². The molecule has 2 aromatic heterocycles. The number of nitrogens with zero attached hydrogens (tertiary/aromatic N) is 4. The molecule has 29 heavy (non-hydrogen) atoms. The van der Waals surface area contributed by atoms with Gasteiger partial charge in [-0.3, -0.25) is 0 Å². The summed E-state index contributed by atoms with van der Waals surface area (Å²) in [5.74, 6) is 1.49. The molecule has 152 valence electrons. The van der Waals surface area contributed by atoms with E-state index in [1.165, 1.54) is 18.9 Å². The molecular weight excluding hydrogens is 380 g/mol. The third kappa shape index (κ3) is 2.71. The number of aromatic nitrogens is 2. The van der Waals surface area contributed by atoms with Crippen molar-refractivity contribution in [3.05, 3.63) is 24.4 Å². The van der Waals surface area contributed by atoms with E-state index in [-0.39, 0.29) is 11.6 Å². The first-order chi connectivity index (χ1) is 14.0. The van der Waals surface area contributed by atoms with Gasteiger partial charge in [0.15, 0.2) is 11.6 Å². The molecule has 2 N–H and O–H groups in total. The number of halogens is 2. The third-order valence-electron chi connectivity index (χ3n) is 6.61. The number of hydrogen-bond acceptors (Lipinski definition) is 7. The first-order valence-electron chi connectivity index (χ1n) is 9.93. The predicted molar refractivity (Wildman–Crippen MR) is 103 cm³/mol. The minimum Gasteiger partial charge on any atom is -0.431 e. The van der Waals surface area contributed by atoms with Crippen molar-refractivity contribution >= 4 is 17.3 Å². The lowest BCUT2D eigenvalue weighted by atomic mass is 9.86. The molecule has 4 aliphatic heterocycles. The fourth-order valence-corrected chi connectivity index (χ4v) is 4.83. The Balaban J connectivity index is 1.40. The van der Waals surface area contributed by atoms with Crippen LogP contribution in [-0.4, -0.2) is 54.5 Å². The quantitative estimate of drug-likeness (QED) is 0.825. The average Bonchev–Trinajstić information content (AvgIpc) is 3.26. The molecular formula is C20H21F2N5O2. The molecule has 6 heterocycles. The highest BCUT2D eigenvalue weighted by molar-refractivity contribution is 5.72. The molecule has 5 fully saturated rings. The predicted octanol–water partition coefficient (Wildman–Crippen LogP) is 2.51. The molecule has 0 radical (unpaired) electrons. The van der Waals surface area contributed by atoms with Crippen LogP contribution < -0.4 is 20.3 Å². The highest BCUT2D eigenvalue weighted by Gasteiger charge is 2.48. The molecule has 0 aromatic carbocycles.